The second-order valence-electron chi connectivity index (χ2n) is 4.23. The van der Waals surface area contributed by atoms with Crippen LogP contribution >= 0.6 is 23.2 Å². The first-order chi connectivity index (χ1) is 10.7. The molecule has 0 heterocycles. The number of benzene rings is 1. The van der Waals surface area contributed by atoms with Crippen molar-refractivity contribution in [1.82, 2.24) is 0 Å². The number of halogens is 2. The Kier molecular flexibility index (Phi) is 11.6. The molecule has 0 aliphatic carbocycles. The predicted molar refractivity (Wildman–Crippen MR) is 98.0 cm³/mol. The number of carbonyl (C=O) groups excluding carboxylic acids is 3. The monoisotopic (exact) mass is 361 g/mol. The van der Waals surface area contributed by atoms with Crippen LogP contribution < -0.4 is 5.32 Å². The van der Waals surface area contributed by atoms with Crippen LogP contribution in [0.4, 0.5) is 5.69 Å². The molecule has 0 atom stereocenters. The third-order valence-corrected chi connectivity index (χ3v) is 3.32. The van der Waals surface area contributed by atoms with Gasteiger partial charge < -0.3 is 5.32 Å². The van der Waals surface area contributed by atoms with Crippen molar-refractivity contribution in [3.05, 3.63) is 27.8 Å². The van der Waals surface area contributed by atoms with Crippen molar-refractivity contribution in [2.75, 3.05) is 5.32 Å². The molecule has 1 rings (SSSR count). The number of rotatable bonds is 3. The number of nitrogens with one attached hydrogen (secondary N) is 1. The lowest BCUT2D eigenvalue weighted by Gasteiger charge is -2.18. The minimum atomic E-state index is -0.694. The standard InChI is InChI=1S/C13H13Cl2NO3.2C2H6/c1-5-9(12(14)18)6(2)11(16-8(4)17)7(3)10(5)13(15)19;2*1-2/h1-4H3,(H,16,17);2*1-2H3. The molecule has 4 nitrogen and oxygen atoms in total. The highest BCUT2D eigenvalue weighted by Gasteiger charge is 2.23. The topological polar surface area (TPSA) is 63.2 Å². The maximum atomic E-state index is 11.5. The van der Waals surface area contributed by atoms with Crippen LogP contribution in [0.2, 0.25) is 0 Å². The van der Waals surface area contributed by atoms with Crippen LogP contribution in [0.5, 0.6) is 0 Å². The van der Waals surface area contributed by atoms with E-state index in [2.05, 4.69) is 5.32 Å². The van der Waals surface area contributed by atoms with Crippen molar-refractivity contribution in [2.24, 2.45) is 0 Å². The summed E-state index contributed by atoms with van der Waals surface area (Å²) < 4.78 is 0. The molecule has 0 aliphatic rings. The first-order valence-electron chi connectivity index (χ1n) is 7.49. The lowest BCUT2D eigenvalue weighted by Crippen LogP contribution is -2.15. The highest BCUT2D eigenvalue weighted by Crippen LogP contribution is 2.33. The molecule has 130 valence electrons. The maximum absolute atomic E-state index is 11.5. The summed E-state index contributed by atoms with van der Waals surface area (Å²) in [5, 5.41) is 1.21. The summed E-state index contributed by atoms with van der Waals surface area (Å²) in [4.78, 5) is 34.2. The minimum Gasteiger partial charge on any atom is -0.326 e. The molecule has 0 radical (unpaired) electrons. The van der Waals surface area contributed by atoms with Crippen molar-refractivity contribution < 1.29 is 14.4 Å². The van der Waals surface area contributed by atoms with E-state index in [4.69, 9.17) is 23.2 Å². The van der Waals surface area contributed by atoms with Crippen LogP contribution in [-0.4, -0.2) is 16.4 Å². The summed E-state index contributed by atoms with van der Waals surface area (Å²) in [7, 11) is 0. The lowest BCUT2D eigenvalue weighted by atomic mass is 9.92. The van der Waals surface area contributed by atoms with Crippen molar-refractivity contribution in [2.45, 2.75) is 55.4 Å². The molecule has 0 saturated heterocycles. The van der Waals surface area contributed by atoms with Crippen molar-refractivity contribution in [3.8, 4) is 0 Å². The number of carbonyl (C=O) groups is 3. The van der Waals surface area contributed by atoms with E-state index in [0.29, 0.717) is 22.4 Å². The molecule has 0 aromatic heterocycles. The van der Waals surface area contributed by atoms with E-state index in [-0.39, 0.29) is 17.0 Å². The first kappa shape index (κ1) is 23.9. The third-order valence-electron chi connectivity index (χ3n) is 2.94. The fourth-order valence-corrected chi connectivity index (χ4v) is 2.74. The minimum absolute atomic E-state index is 0.194. The Morgan fingerprint density at radius 3 is 1.26 bits per heavy atom. The van der Waals surface area contributed by atoms with Gasteiger partial charge in [0.2, 0.25) is 5.91 Å². The second-order valence-corrected chi connectivity index (χ2v) is 4.92. The SMILES string of the molecule is CC.CC.CC(=O)Nc1c(C)c(C(=O)Cl)c(C)c(C(=O)Cl)c1C. The zero-order valence-corrected chi connectivity index (χ0v) is 16.5. The van der Waals surface area contributed by atoms with Gasteiger partial charge in [0.15, 0.2) is 0 Å². The van der Waals surface area contributed by atoms with Gasteiger partial charge in [0.1, 0.15) is 0 Å². The molecule has 0 saturated carbocycles. The molecule has 0 bridgehead atoms. The molecule has 0 unspecified atom stereocenters. The highest BCUT2D eigenvalue weighted by molar-refractivity contribution is 6.69. The smallest absolute Gasteiger partial charge is 0.253 e. The quantitative estimate of drug-likeness (QED) is 0.734. The van der Waals surface area contributed by atoms with E-state index in [0.717, 1.165) is 0 Å². The number of anilines is 1. The molecule has 1 amide bonds. The van der Waals surface area contributed by atoms with Gasteiger partial charge in [0.05, 0.1) is 0 Å². The van der Waals surface area contributed by atoms with Crippen LogP contribution in [0, 0.1) is 20.8 Å². The Morgan fingerprint density at radius 2 is 1.04 bits per heavy atom. The van der Waals surface area contributed by atoms with Gasteiger partial charge in [-0.05, 0) is 60.7 Å². The van der Waals surface area contributed by atoms with E-state index < -0.39 is 10.5 Å². The summed E-state index contributed by atoms with van der Waals surface area (Å²) in [6.45, 7) is 14.2. The normalized spacial score (nSPS) is 8.96. The molecule has 1 N–H and O–H groups in total. The van der Waals surface area contributed by atoms with E-state index in [9.17, 15) is 14.4 Å². The van der Waals surface area contributed by atoms with Crippen molar-refractivity contribution >= 4 is 45.3 Å². The molecule has 23 heavy (non-hydrogen) atoms. The van der Waals surface area contributed by atoms with Crippen molar-refractivity contribution in [3.63, 3.8) is 0 Å². The number of amides is 1. The van der Waals surface area contributed by atoms with E-state index in [1.54, 1.807) is 20.8 Å². The van der Waals surface area contributed by atoms with Crippen LogP contribution in [0.15, 0.2) is 0 Å². The van der Waals surface area contributed by atoms with Gasteiger partial charge in [-0.2, -0.15) is 0 Å². The molecule has 1 aromatic rings. The number of hydrogen-bond donors (Lipinski definition) is 1. The van der Waals surface area contributed by atoms with Gasteiger partial charge in [0, 0.05) is 23.7 Å². The van der Waals surface area contributed by atoms with Crippen LogP contribution in [0.25, 0.3) is 0 Å². The van der Waals surface area contributed by atoms with Crippen LogP contribution in [0.1, 0.15) is 72.0 Å². The zero-order chi connectivity index (χ0) is 18.9. The first-order valence-corrected chi connectivity index (χ1v) is 8.25. The van der Waals surface area contributed by atoms with Crippen LogP contribution in [-0.2, 0) is 4.79 Å². The van der Waals surface area contributed by atoms with E-state index in [1.807, 2.05) is 27.7 Å². The average Bonchev–Trinajstić information content (AvgIpc) is 2.46. The fraction of sp³-hybridized carbons (Fsp3) is 0.471. The maximum Gasteiger partial charge on any atom is 0.253 e. The Hall–Kier alpha value is -1.39. The van der Waals surface area contributed by atoms with Gasteiger partial charge in [-0.3, -0.25) is 14.4 Å². The lowest BCUT2D eigenvalue weighted by molar-refractivity contribution is -0.114. The predicted octanol–water partition coefficient (Wildman–Crippen LogP) is 5.38. The van der Waals surface area contributed by atoms with Gasteiger partial charge in [0.25, 0.3) is 10.5 Å². The Balaban J connectivity index is 0. The highest BCUT2D eigenvalue weighted by atomic mass is 35.5. The summed E-state index contributed by atoms with van der Waals surface area (Å²) in [5.74, 6) is -0.309. The van der Waals surface area contributed by atoms with Crippen molar-refractivity contribution in [1.29, 1.82) is 0 Å². The Morgan fingerprint density at radius 1 is 0.739 bits per heavy atom. The number of hydrogen-bond acceptors (Lipinski definition) is 3. The molecular formula is C17H25Cl2NO3. The average molecular weight is 362 g/mol. The van der Waals surface area contributed by atoms with E-state index >= 15 is 0 Å². The summed E-state index contributed by atoms with van der Waals surface area (Å²) in [6, 6.07) is 0. The third kappa shape index (κ3) is 5.96. The molecule has 0 aliphatic heterocycles. The zero-order valence-electron chi connectivity index (χ0n) is 15.0. The molecule has 0 fully saturated rings. The Bertz CT molecular complexity index is 555. The summed E-state index contributed by atoms with van der Waals surface area (Å²) >= 11 is 11.1. The summed E-state index contributed by atoms with van der Waals surface area (Å²) in [6.07, 6.45) is 0. The molecular weight excluding hydrogens is 337 g/mol. The molecule has 0 spiro atoms. The van der Waals surface area contributed by atoms with Gasteiger partial charge in [-0.25, -0.2) is 0 Å². The fourth-order valence-electron chi connectivity index (χ4n) is 2.17. The second kappa shape index (κ2) is 11.2. The Labute approximate surface area is 148 Å². The molecule has 6 heteroatoms. The van der Waals surface area contributed by atoms with E-state index in [1.165, 1.54) is 6.92 Å². The molecule has 1 aromatic carbocycles. The van der Waals surface area contributed by atoms with Gasteiger partial charge in [-0.15, -0.1) is 0 Å². The van der Waals surface area contributed by atoms with Gasteiger partial charge >= 0.3 is 0 Å². The van der Waals surface area contributed by atoms with Crippen LogP contribution in [0.3, 0.4) is 0 Å². The largest absolute Gasteiger partial charge is 0.326 e. The van der Waals surface area contributed by atoms with Gasteiger partial charge in [-0.1, -0.05) is 27.7 Å². The summed E-state index contributed by atoms with van der Waals surface area (Å²) in [5.41, 5.74) is 2.24.